The first-order chi connectivity index (χ1) is 8.45. The molecule has 0 radical (unpaired) electrons. The van der Waals surface area contributed by atoms with Crippen LogP contribution in [0.4, 0.5) is 0 Å². The third kappa shape index (κ3) is 2.19. The summed E-state index contributed by atoms with van der Waals surface area (Å²) in [6.45, 7) is 1.73. The summed E-state index contributed by atoms with van der Waals surface area (Å²) in [5.41, 5.74) is -0.00201. The summed E-state index contributed by atoms with van der Waals surface area (Å²) < 4.78 is 29.1. The fraction of sp³-hybridized carbons (Fsp3) is 0.200. The molecule has 0 amide bonds. The molecule has 0 saturated heterocycles. The summed E-state index contributed by atoms with van der Waals surface area (Å²) in [7, 11) is 1.22. The molecule has 0 N–H and O–H groups in total. The number of nitrogens with zero attached hydrogens (tertiary/aromatic N) is 2. The zero-order valence-corrected chi connectivity index (χ0v) is 10.9. The van der Waals surface area contributed by atoms with E-state index in [9.17, 15) is 13.2 Å². The zero-order valence-electron chi connectivity index (χ0n) is 9.33. The molecule has 2 aromatic rings. The highest BCUT2D eigenvalue weighted by atomic mass is 35.7. The highest BCUT2D eigenvalue weighted by Crippen LogP contribution is 2.22. The molecule has 2 heterocycles. The molecule has 0 atom stereocenters. The largest absolute Gasteiger partial charge is 0.461 e. The van der Waals surface area contributed by atoms with Crippen molar-refractivity contribution in [3.05, 3.63) is 30.1 Å². The van der Waals surface area contributed by atoms with Crippen molar-refractivity contribution in [1.29, 1.82) is 0 Å². The first kappa shape index (κ1) is 12.8. The smallest absolute Gasteiger partial charge is 0.360 e. The molecule has 6 nitrogen and oxygen atoms in total. The van der Waals surface area contributed by atoms with E-state index in [1.54, 1.807) is 25.1 Å². The minimum Gasteiger partial charge on any atom is -0.461 e. The number of carbonyl (C=O) groups excluding carboxylic acids is 1. The Kier molecular flexibility index (Phi) is 3.27. The Morgan fingerprint density at radius 3 is 2.83 bits per heavy atom. The Morgan fingerprint density at radius 2 is 2.22 bits per heavy atom. The van der Waals surface area contributed by atoms with Gasteiger partial charge in [-0.05, 0) is 19.1 Å². The van der Waals surface area contributed by atoms with Crippen molar-refractivity contribution in [2.45, 2.75) is 11.9 Å². The molecule has 0 saturated carbocycles. The van der Waals surface area contributed by atoms with E-state index >= 15 is 0 Å². The molecule has 0 unspecified atom stereocenters. The number of aromatic nitrogens is 2. The Labute approximate surface area is 108 Å². The second-order valence-corrected chi connectivity index (χ2v) is 5.83. The van der Waals surface area contributed by atoms with Crippen molar-refractivity contribution in [1.82, 2.24) is 9.38 Å². The highest BCUT2D eigenvalue weighted by molar-refractivity contribution is 8.13. The van der Waals surface area contributed by atoms with Crippen molar-refractivity contribution in [3.63, 3.8) is 0 Å². The van der Waals surface area contributed by atoms with Gasteiger partial charge in [-0.1, -0.05) is 6.07 Å². The molecule has 0 aromatic carbocycles. The van der Waals surface area contributed by atoms with Crippen LogP contribution in [0, 0.1) is 0 Å². The predicted octanol–water partition coefficient (Wildman–Crippen LogP) is 1.44. The normalized spacial score (nSPS) is 11.7. The fourth-order valence-corrected chi connectivity index (χ4v) is 2.73. The van der Waals surface area contributed by atoms with E-state index in [1.807, 2.05) is 0 Å². The monoisotopic (exact) mass is 288 g/mol. The number of esters is 1. The second kappa shape index (κ2) is 4.58. The lowest BCUT2D eigenvalue weighted by atomic mass is 10.5. The topological polar surface area (TPSA) is 77.7 Å². The SMILES string of the molecule is CCOC(=O)c1nc2ccccn2c1S(=O)(=O)Cl. The molecule has 96 valence electrons. The lowest BCUT2D eigenvalue weighted by Gasteiger charge is -2.00. The summed E-state index contributed by atoms with van der Waals surface area (Å²) in [4.78, 5) is 15.6. The van der Waals surface area contributed by atoms with Crippen molar-refractivity contribution < 1.29 is 17.9 Å². The van der Waals surface area contributed by atoms with Gasteiger partial charge in [0.25, 0.3) is 9.05 Å². The molecular formula is C10H9ClN2O4S. The zero-order chi connectivity index (χ0) is 13.3. The third-order valence-corrected chi connectivity index (χ3v) is 3.48. The lowest BCUT2D eigenvalue weighted by Crippen LogP contribution is -2.10. The molecule has 0 bridgehead atoms. The molecule has 8 heteroatoms. The highest BCUT2D eigenvalue weighted by Gasteiger charge is 2.28. The van der Waals surface area contributed by atoms with Crippen molar-refractivity contribution >= 4 is 31.3 Å². The van der Waals surface area contributed by atoms with Crippen LogP contribution in [0.1, 0.15) is 17.4 Å². The van der Waals surface area contributed by atoms with E-state index in [0.717, 1.165) is 0 Å². The first-order valence-electron chi connectivity index (χ1n) is 5.04. The number of fused-ring (bicyclic) bond motifs is 1. The number of ether oxygens (including phenoxy) is 1. The number of carbonyl (C=O) groups is 1. The second-order valence-electron chi connectivity index (χ2n) is 3.35. The molecule has 2 rings (SSSR count). The molecule has 2 aromatic heterocycles. The number of hydrogen-bond donors (Lipinski definition) is 0. The van der Waals surface area contributed by atoms with Crippen LogP contribution in [0.2, 0.25) is 0 Å². The summed E-state index contributed by atoms with van der Waals surface area (Å²) >= 11 is 0. The minimum absolute atomic E-state index is 0.120. The fourth-order valence-electron chi connectivity index (χ4n) is 1.54. The van der Waals surface area contributed by atoms with E-state index in [-0.39, 0.29) is 17.3 Å². The number of hydrogen-bond acceptors (Lipinski definition) is 5. The molecule has 18 heavy (non-hydrogen) atoms. The minimum atomic E-state index is -4.11. The number of rotatable bonds is 3. The van der Waals surface area contributed by atoms with E-state index in [2.05, 4.69) is 4.98 Å². The van der Waals surface area contributed by atoms with Crippen molar-refractivity contribution in [3.8, 4) is 0 Å². The van der Waals surface area contributed by atoms with Gasteiger partial charge < -0.3 is 4.74 Å². The van der Waals surface area contributed by atoms with E-state index in [0.29, 0.717) is 5.65 Å². The van der Waals surface area contributed by atoms with Crippen LogP contribution in [0.3, 0.4) is 0 Å². The number of halogens is 1. The van der Waals surface area contributed by atoms with Gasteiger partial charge in [0.2, 0.25) is 0 Å². The van der Waals surface area contributed by atoms with Gasteiger partial charge in [-0.3, -0.25) is 4.40 Å². The maximum atomic E-state index is 11.7. The summed E-state index contributed by atoms with van der Waals surface area (Å²) in [5, 5.41) is -0.377. The summed E-state index contributed by atoms with van der Waals surface area (Å²) in [6.07, 6.45) is 1.46. The average Bonchev–Trinajstić information content (AvgIpc) is 2.68. The average molecular weight is 289 g/mol. The van der Waals surface area contributed by atoms with Crippen LogP contribution >= 0.6 is 10.7 Å². The van der Waals surface area contributed by atoms with Gasteiger partial charge >= 0.3 is 5.97 Å². The summed E-state index contributed by atoms with van der Waals surface area (Å²) in [6, 6.07) is 4.84. The Hall–Kier alpha value is -1.60. The van der Waals surface area contributed by atoms with E-state index in [4.69, 9.17) is 15.4 Å². The molecule has 0 aliphatic carbocycles. The molecule has 0 aliphatic heterocycles. The van der Waals surface area contributed by atoms with E-state index in [1.165, 1.54) is 10.6 Å². The van der Waals surface area contributed by atoms with Gasteiger partial charge in [0, 0.05) is 16.9 Å². The quantitative estimate of drug-likeness (QED) is 0.631. The van der Waals surface area contributed by atoms with Crippen LogP contribution in [0.5, 0.6) is 0 Å². The van der Waals surface area contributed by atoms with Crippen LogP contribution in [0.15, 0.2) is 29.4 Å². The Balaban J connectivity index is 2.77. The summed E-state index contributed by atoms with van der Waals surface area (Å²) in [5.74, 6) is -0.819. The maximum absolute atomic E-state index is 11.7. The number of imidazole rings is 1. The number of pyridine rings is 1. The van der Waals surface area contributed by atoms with Crippen molar-refractivity contribution in [2.75, 3.05) is 6.61 Å². The molecular weight excluding hydrogens is 280 g/mol. The van der Waals surface area contributed by atoms with Crippen LogP contribution in [0.25, 0.3) is 5.65 Å². The van der Waals surface area contributed by atoms with Gasteiger partial charge in [-0.25, -0.2) is 18.2 Å². The standard InChI is InChI=1S/C10H9ClN2O4S/c1-2-17-10(14)8-9(18(11,15)16)13-6-4-3-5-7(13)12-8/h3-6H,2H2,1H3. The van der Waals surface area contributed by atoms with E-state index < -0.39 is 15.0 Å². The predicted molar refractivity (Wildman–Crippen MR) is 64.2 cm³/mol. The molecule has 0 spiro atoms. The van der Waals surface area contributed by atoms with Gasteiger partial charge in [-0.2, -0.15) is 0 Å². The Bertz CT molecular complexity index is 708. The van der Waals surface area contributed by atoms with Crippen LogP contribution in [-0.2, 0) is 13.8 Å². The third-order valence-electron chi connectivity index (χ3n) is 2.19. The van der Waals surface area contributed by atoms with Gasteiger partial charge in [0.05, 0.1) is 6.61 Å². The van der Waals surface area contributed by atoms with Crippen LogP contribution < -0.4 is 0 Å². The maximum Gasteiger partial charge on any atom is 0.360 e. The van der Waals surface area contributed by atoms with Crippen LogP contribution in [-0.4, -0.2) is 30.4 Å². The first-order valence-corrected chi connectivity index (χ1v) is 7.35. The van der Waals surface area contributed by atoms with Crippen molar-refractivity contribution in [2.24, 2.45) is 0 Å². The lowest BCUT2D eigenvalue weighted by molar-refractivity contribution is 0.0515. The molecule has 0 fully saturated rings. The van der Waals surface area contributed by atoms with Gasteiger partial charge in [0.1, 0.15) is 5.65 Å². The van der Waals surface area contributed by atoms with Gasteiger partial charge in [-0.15, -0.1) is 0 Å². The van der Waals surface area contributed by atoms with Gasteiger partial charge in [0.15, 0.2) is 10.7 Å². The molecule has 0 aliphatic rings. The Morgan fingerprint density at radius 1 is 1.50 bits per heavy atom.